The van der Waals surface area contributed by atoms with E-state index >= 15 is 0 Å². The Morgan fingerprint density at radius 1 is 1.33 bits per heavy atom. The average Bonchev–Trinajstić information content (AvgIpc) is 2.18. The van der Waals surface area contributed by atoms with E-state index in [0.29, 0.717) is 12.5 Å². The molecule has 1 aliphatic carbocycles. The molecular formula is C13H16NO. The largest absolute Gasteiger partial charge is 0.391 e. The third kappa shape index (κ3) is 3.08. The maximum absolute atomic E-state index is 5.18. The van der Waals surface area contributed by atoms with Crippen LogP contribution in [0.25, 0.3) is 0 Å². The molecular weight excluding hydrogens is 186 g/mol. The van der Waals surface area contributed by atoms with Crippen LogP contribution in [-0.4, -0.2) is 6.21 Å². The van der Waals surface area contributed by atoms with E-state index in [9.17, 15) is 0 Å². The first-order chi connectivity index (χ1) is 7.34. The highest BCUT2D eigenvalue weighted by Gasteiger charge is 2.15. The number of aryl methyl sites for hydroxylation is 1. The van der Waals surface area contributed by atoms with E-state index in [1.54, 1.807) is 0 Å². The van der Waals surface area contributed by atoms with E-state index in [-0.39, 0.29) is 0 Å². The van der Waals surface area contributed by atoms with Crippen molar-refractivity contribution in [1.82, 2.24) is 0 Å². The van der Waals surface area contributed by atoms with Gasteiger partial charge in [0.05, 0.1) is 0 Å². The van der Waals surface area contributed by atoms with E-state index < -0.39 is 0 Å². The second-order valence-corrected chi connectivity index (χ2v) is 4.11. The van der Waals surface area contributed by atoms with Gasteiger partial charge in [0.15, 0.2) is 0 Å². The minimum atomic E-state index is 0.542. The van der Waals surface area contributed by atoms with E-state index in [1.807, 2.05) is 0 Å². The SMILES string of the molecule is Cc1ccc(CO/N=[C]\C2CCC2)cc1. The summed E-state index contributed by atoms with van der Waals surface area (Å²) in [5.41, 5.74) is 2.42. The summed E-state index contributed by atoms with van der Waals surface area (Å²) >= 11 is 0. The van der Waals surface area contributed by atoms with Crippen molar-refractivity contribution < 1.29 is 4.84 Å². The average molecular weight is 202 g/mol. The van der Waals surface area contributed by atoms with Crippen LogP contribution < -0.4 is 0 Å². The van der Waals surface area contributed by atoms with Crippen LogP contribution in [0.4, 0.5) is 0 Å². The Hall–Kier alpha value is -1.31. The quantitative estimate of drug-likeness (QED) is 0.543. The third-order valence-electron chi connectivity index (χ3n) is 2.76. The van der Waals surface area contributed by atoms with Crippen molar-refractivity contribution in [3.05, 3.63) is 35.4 Å². The van der Waals surface area contributed by atoms with Crippen LogP contribution in [-0.2, 0) is 11.4 Å². The Bertz CT molecular complexity index is 325. The Labute approximate surface area is 90.9 Å². The molecule has 1 saturated carbocycles. The van der Waals surface area contributed by atoms with Gasteiger partial charge in [0.2, 0.25) is 0 Å². The Morgan fingerprint density at radius 2 is 2.07 bits per heavy atom. The van der Waals surface area contributed by atoms with Gasteiger partial charge in [-0.2, -0.15) is 0 Å². The maximum atomic E-state index is 5.18. The van der Waals surface area contributed by atoms with Crippen molar-refractivity contribution in [3.63, 3.8) is 0 Å². The standard InChI is InChI=1S/C13H16NO/c1-11-5-7-13(8-6-11)10-15-14-9-12-3-2-4-12/h5-8,12H,2-4,10H2,1H3. The van der Waals surface area contributed by atoms with Gasteiger partial charge in [0.1, 0.15) is 12.8 Å². The Kier molecular flexibility index (Phi) is 3.38. The van der Waals surface area contributed by atoms with Crippen LogP contribution >= 0.6 is 0 Å². The first-order valence-electron chi connectivity index (χ1n) is 5.47. The molecule has 0 aliphatic heterocycles. The van der Waals surface area contributed by atoms with Crippen molar-refractivity contribution in [3.8, 4) is 0 Å². The molecule has 1 aromatic rings. The molecule has 0 bridgehead atoms. The monoisotopic (exact) mass is 202 g/mol. The molecule has 0 atom stereocenters. The van der Waals surface area contributed by atoms with E-state index in [4.69, 9.17) is 4.84 Å². The molecule has 2 heteroatoms. The highest BCUT2D eigenvalue weighted by atomic mass is 16.6. The van der Waals surface area contributed by atoms with Crippen LogP contribution in [0.3, 0.4) is 0 Å². The second-order valence-electron chi connectivity index (χ2n) is 4.11. The fourth-order valence-corrected chi connectivity index (χ4v) is 1.44. The normalized spacial score (nSPS) is 16.6. The van der Waals surface area contributed by atoms with Gasteiger partial charge in [0, 0.05) is 5.92 Å². The molecule has 2 nitrogen and oxygen atoms in total. The molecule has 0 amide bonds. The molecule has 1 aromatic carbocycles. The summed E-state index contributed by atoms with van der Waals surface area (Å²) in [6.45, 7) is 2.62. The highest BCUT2D eigenvalue weighted by Crippen LogP contribution is 2.24. The summed E-state index contributed by atoms with van der Waals surface area (Å²) in [6.07, 6.45) is 6.75. The number of nitrogens with zero attached hydrogens (tertiary/aromatic N) is 1. The van der Waals surface area contributed by atoms with Crippen molar-refractivity contribution in [1.29, 1.82) is 0 Å². The van der Waals surface area contributed by atoms with Gasteiger partial charge in [0.25, 0.3) is 0 Å². The van der Waals surface area contributed by atoms with Crippen molar-refractivity contribution in [2.75, 3.05) is 0 Å². The molecule has 1 fully saturated rings. The lowest BCUT2D eigenvalue weighted by Crippen LogP contribution is -2.11. The molecule has 0 heterocycles. The summed E-state index contributed by atoms with van der Waals surface area (Å²) in [5, 5.41) is 3.86. The summed E-state index contributed by atoms with van der Waals surface area (Å²) in [5.74, 6) is 0.544. The lowest BCUT2D eigenvalue weighted by molar-refractivity contribution is 0.129. The minimum absolute atomic E-state index is 0.542. The number of hydrogen-bond donors (Lipinski definition) is 0. The smallest absolute Gasteiger partial charge is 0.142 e. The van der Waals surface area contributed by atoms with Crippen LogP contribution in [0.2, 0.25) is 0 Å². The zero-order chi connectivity index (χ0) is 10.5. The summed E-state index contributed by atoms with van der Waals surface area (Å²) in [4.78, 5) is 5.18. The lowest BCUT2D eigenvalue weighted by atomic mass is 9.87. The van der Waals surface area contributed by atoms with Crippen LogP contribution in [0.1, 0.15) is 30.4 Å². The van der Waals surface area contributed by atoms with E-state index in [0.717, 1.165) is 5.56 Å². The molecule has 0 N–H and O–H groups in total. The lowest BCUT2D eigenvalue weighted by Gasteiger charge is -2.18. The molecule has 1 aliphatic rings. The van der Waals surface area contributed by atoms with E-state index in [1.165, 1.54) is 24.8 Å². The third-order valence-corrected chi connectivity index (χ3v) is 2.76. The highest BCUT2D eigenvalue weighted by molar-refractivity contribution is 5.60. The minimum Gasteiger partial charge on any atom is -0.391 e. The molecule has 79 valence electrons. The first-order valence-corrected chi connectivity index (χ1v) is 5.47. The van der Waals surface area contributed by atoms with Crippen molar-refractivity contribution in [2.24, 2.45) is 11.1 Å². The van der Waals surface area contributed by atoms with Gasteiger partial charge >= 0.3 is 0 Å². The predicted octanol–water partition coefficient (Wildman–Crippen LogP) is 3.17. The Balaban J connectivity index is 1.72. The van der Waals surface area contributed by atoms with Crippen molar-refractivity contribution >= 4 is 6.21 Å². The van der Waals surface area contributed by atoms with Crippen LogP contribution in [0.5, 0.6) is 0 Å². The molecule has 2 rings (SSSR count). The van der Waals surface area contributed by atoms with Gasteiger partial charge in [-0.25, -0.2) is 0 Å². The molecule has 1 radical (unpaired) electrons. The maximum Gasteiger partial charge on any atom is 0.142 e. The van der Waals surface area contributed by atoms with Gasteiger partial charge in [-0.3, -0.25) is 0 Å². The summed E-state index contributed by atoms with van der Waals surface area (Å²) in [7, 11) is 0. The molecule has 0 spiro atoms. The van der Waals surface area contributed by atoms with Gasteiger partial charge in [-0.05, 0) is 25.3 Å². The fourth-order valence-electron chi connectivity index (χ4n) is 1.44. The fraction of sp³-hybridized carbons (Fsp3) is 0.462. The number of benzene rings is 1. The second kappa shape index (κ2) is 4.96. The summed E-state index contributed by atoms with van der Waals surface area (Å²) in [6, 6.07) is 8.29. The molecule has 15 heavy (non-hydrogen) atoms. The summed E-state index contributed by atoms with van der Waals surface area (Å²) < 4.78 is 0. The molecule has 0 unspecified atom stereocenters. The zero-order valence-corrected chi connectivity index (χ0v) is 9.07. The van der Waals surface area contributed by atoms with Gasteiger partial charge < -0.3 is 4.84 Å². The van der Waals surface area contributed by atoms with Crippen molar-refractivity contribution in [2.45, 2.75) is 32.8 Å². The molecule has 0 aromatic heterocycles. The first kappa shape index (κ1) is 10.2. The predicted molar refractivity (Wildman–Crippen MR) is 60.7 cm³/mol. The number of rotatable bonds is 4. The number of hydrogen-bond acceptors (Lipinski definition) is 2. The molecule has 0 saturated heterocycles. The topological polar surface area (TPSA) is 21.6 Å². The van der Waals surface area contributed by atoms with Gasteiger partial charge in [-0.1, -0.05) is 41.4 Å². The van der Waals surface area contributed by atoms with E-state index in [2.05, 4.69) is 42.6 Å². The zero-order valence-electron chi connectivity index (χ0n) is 9.07. The van der Waals surface area contributed by atoms with Gasteiger partial charge in [-0.15, -0.1) is 0 Å². The van der Waals surface area contributed by atoms with Crippen LogP contribution in [0, 0.1) is 12.8 Å². The van der Waals surface area contributed by atoms with Crippen LogP contribution in [0.15, 0.2) is 29.4 Å². The Morgan fingerprint density at radius 3 is 2.67 bits per heavy atom.